The number of aromatic nitrogens is 2. The highest BCUT2D eigenvalue weighted by Crippen LogP contribution is 2.23. The summed E-state index contributed by atoms with van der Waals surface area (Å²) in [5, 5.41) is 9.08. The second kappa shape index (κ2) is 8.93. The fourth-order valence-electron chi connectivity index (χ4n) is 2.65. The van der Waals surface area contributed by atoms with Crippen molar-refractivity contribution >= 4 is 11.5 Å². The summed E-state index contributed by atoms with van der Waals surface area (Å²) >= 11 is 0. The second-order valence-corrected chi connectivity index (χ2v) is 6.22. The number of hydrogen-bond acceptors (Lipinski definition) is 4. The van der Waals surface area contributed by atoms with E-state index in [2.05, 4.69) is 29.9 Å². The van der Waals surface area contributed by atoms with Crippen molar-refractivity contribution in [3.63, 3.8) is 0 Å². The molecule has 5 heteroatoms. The molecule has 0 spiro atoms. The van der Waals surface area contributed by atoms with Crippen LogP contribution in [0, 0.1) is 17.2 Å². The molecule has 2 heterocycles. The van der Waals surface area contributed by atoms with E-state index in [1.165, 1.54) is 11.9 Å². The zero-order valence-corrected chi connectivity index (χ0v) is 15.1. The lowest BCUT2D eigenvalue weighted by molar-refractivity contribution is -0.125. The Morgan fingerprint density at radius 1 is 1.48 bits per heavy atom. The maximum atomic E-state index is 13.0. The summed E-state index contributed by atoms with van der Waals surface area (Å²) in [6.07, 6.45) is 10.6. The van der Waals surface area contributed by atoms with Crippen molar-refractivity contribution in [2.75, 3.05) is 13.1 Å². The van der Waals surface area contributed by atoms with Crippen molar-refractivity contribution in [3.05, 3.63) is 53.7 Å². The zero-order chi connectivity index (χ0) is 18.2. The molecule has 0 N–H and O–H groups in total. The van der Waals surface area contributed by atoms with E-state index < -0.39 is 0 Å². The van der Waals surface area contributed by atoms with E-state index in [0.29, 0.717) is 18.7 Å². The second-order valence-electron chi connectivity index (χ2n) is 6.22. The topological polar surface area (TPSA) is 69.9 Å². The highest BCUT2D eigenvalue weighted by atomic mass is 16.2. The van der Waals surface area contributed by atoms with Crippen LogP contribution in [0.25, 0.3) is 5.57 Å². The van der Waals surface area contributed by atoms with E-state index in [1.54, 1.807) is 17.2 Å². The SMILES string of the molecule is CC/C(C)=C/C=C\C(C(=O)N1CC[C@@H](C#N)C1)=C(/C)c1ccncn1. The molecule has 1 aliphatic heterocycles. The van der Waals surface area contributed by atoms with Gasteiger partial charge in [-0.3, -0.25) is 4.79 Å². The first-order valence-corrected chi connectivity index (χ1v) is 8.56. The Morgan fingerprint density at radius 3 is 2.88 bits per heavy atom. The maximum Gasteiger partial charge on any atom is 0.254 e. The monoisotopic (exact) mass is 336 g/mol. The summed E-state index contributed by atoms with van der Waals surface area (Å²) in [6.45, 7) is 7.17. The number of likely N-dealkylation sites (tertiary alicyclic amines) is 1. The molecule has 2 rings (SSSR count). The number of rotatable bonds is 5. The Labute approximate surface area is 149 Å². The van der Waals surface area contributed by atoms with Crippen molar-refractivity contribution in [2.24, 2.45) is 5.92 Å². The predicted molar refractivity (Wildman–Crippen MR) is 98.1 cm³/mol. The number of allylic oxidation sites excluding steroid dienone is 4. The van der Waals surface area contributed by atoms with E-state index in [1.807, 2.05) is 25.2 Å². The van der Waals surface area contributed by atoms with Gasteiger partial charge in [0, 0.05) is 24.9 Å². The molecule has 1 fully saturated rings. The molecular weight excluding hydrogens is 312 g/mol. The molecule has 1 saturated heterocycles. The quantitative estimate of drug-likeness (QED) is 0.609. The smallest absolute Gasteiger partial charge is 0.254 e. The fraction of sp³-hybridized carbons (Fsp3) is 0.400. The minimum absolute atomic E-state index is 0.0485. The Hall–Kier alpha value is -2.74. The number of carbonyl (C=O) groups excluding carboxylic acids is 1. The predicted octanol–water partition coefficient (Wildman–Crippen LogP) is 3.53. The van der Waals surface area contributed by atoms with Crippen LogP contribution in [0.4, 0.5) is 0 Å². The van der Waals surface area contributed by atoms with Crippen molar-refractivity contribution in [1.82, 2.24) is 14.9 Å². The third-order valence-electron chi connectivity index (χ3n) is 4.46. The van der Waals surface area contributed by atoms with Crippen molar-refractivity contribution in [3.8, 4) is 6.07 Å². The summed E-state index contributed by atoms with van der Waals surface area (Å²) < 4.78 is 0. The van der Waals surface area contributed by atoms with Crippen LogP contribution in [0.2, 0.25) is 0 Å². The lowest BCUT2D eigenvalue weighted by Crippen LogP contribution is -2.30. The summed E-state index contributed by atoms with van der Waals surface area (Å²) in [5.41, 5.74) is 3.40. The van der Waals surface area contributed by atoms with Gasteiger partial charge in [0.25, 0.3) is 5.91 Å². The normalized spacial score (nSPS) is 19.0. The van der Waals surface area contributed by atoms with Crippen molar-refractivity contribution < 1.29 is 4.79 Å². The van der Waals surface area contributed by atoms with Gasteiger partial charge >= 0.3 is 0 Å². The van der Waals surface area contributed by atoms with Crippen molar-refractivity contribution in [2.45, 2.75) is 33.6 Å². The summed E-state index contributed by atoms with van der Waals surface area (Å²) in [6, 6.07) is 4.05. The van der Waals surface area contributed by atoms with Crippen molar-refractivity contribution in [1.29, 1.82) is 5.26 Å². The summed E-state index contributed by atoms with van der Waals surface area (Å²) in [5.74, 6) is -0.122. The van der Waals surface area contributed by atoms with Gasteiger partial charge in [-0.1, -0.05) is 24.6 Å². The molecule has 1 aliphatic rings. The molecule has 1 atom stereocenters. The van der Waals surface area contributed by atoms with E-state index in [4.69, 9.17) is 5.26 Å². The third-order valence-corrected chi connectivity index (χ3v) is 4.46. The summed E-state index contributed by atoms with van der Waals surface area (Å²) in [4.78, 5) is 23.0. The van der Waals surface area contributed by atoms with Crippen LogP contribution in [0.15, 0.2) is 48.0 Å². The lowest BCUT2D eigenvalue weighted by atomic mass is 10.0. The van der Waals surface area contributed by atoms with E-state index in [9.17, 15) is 4.79 Å². The van der Waals surface area contributed by atoms with Crippen LogP contribution in [0.5, 0.6) is 0 Å². The number of nitriles is 1. The fourth-order valence-corrected chi connectivity index (χ4v) is 2.65. The molecule has 1 aromatic rings. The zero-order valence-electron chi connectivity index (χ0n) is 15.1. The molecule has 1 aromatic heterocycles. The van der Waals surface area contributed by atoms with E-state index in [0.717, 1.165) is 24.1 Å². The molecule has 1 amide bonds. The molecule has 0 radical (unpaired) electrons. The number of carbonyl (C=O) groups is 1. The highest BCUT2D eigenvalue weighted by molar-refractivity contribution is 6.03. The van der Waals surface area contributed by atoms with Crippen LogP contribution in [0.3, 0.4) is 0 Å². The largest absolute Gasteiger partial charge is 0.337 e. The van der Waals surface area contributed by atoms with Crippen LogP contribution in [0.1, 0.15) is 39.3 Å². The molecule has 130 valence electrons. The summed E-state index contributed by atoms with van der Waals surface area (Å²) in [7, 11) is 0. The van der Waals surface area contributed by atoms with Crippen LogP contribution < -0.4 is 0 Å². The Balaban J connectivity index is 2.36. The van der Waals surface area contributed by atoms with Gasteiger partial charge in [-0.05, 0) is 44.4 Å². The van der Waals surface area contributed by atoms with Gasteiger partial charge in [0.15, 0.2) is 0 Å². The van der Waals surface area contributed by atoms with Gasteiger partial charge < -0.3 is 4.90 Å². The molecule has 0 bridgehead atoms. The minimum atomic E-state index is -0.0734. The number of hydrogen-bond donors (Lipinski definition) is 0. The average molecular weight is 336 g/mol. The lowest BCUT2D eigenvalue weighted by Gasteiger charge is -2.18. The van der Waals surface area contributed by atoms with Gasteiger partial charge in [0.05, 0.1) is 17.7 Å². The Bertz CT molecular complexity index is 741. The Morgan fingerprint density at radius 2 is 2.28 bits per heavy atom. The standard InChI is InChI=1S/C20H24N4O/c1-4-15(2)6-5-7-18(16(3)19-8-10-22-14-23-19)20(25)24-11-9-17(12-21)13-24/h5-8,10,14,17H,4,9,11,13H2,1-3H3/b7-5-,15-6+,18-16-/t17-/m0/s1. The third kappa shape index (κ3) is 4.87. The molecule has 5 nitrogen and oxygen atoms in total. The molecule has 0 saturated carbocycles. The van der Waals surface area contributed by atoms with Crippen LogP contribution in [-0.2, 0) is 4.79 Å². The first-order valence-electron chi connectivity index (χ1n) is 8.56. The maximum absolute atomic E-state index is 13.0. The van der Waals surface area contributed by atoms with Gasteiger partial charge in [-0.2, -0.15) is 5.26 Å². The molecule has 25 heavy (non-hydrogen) atoms. The molecular formula is C20H24N4O. The number of amides is 1. The van der Waals surface area contributed by atoms with Gasteiger partial charge in [-0.15, -0.1) is 0 Å². The van der Waals surface area contributed by atoms with Crippen LogP contribution >= 0.6 is 0 Å². The first kappa shape index (κ1) is 18.6. The molecule has 0 aliphatic carbocycles. The van der Waals surface area contributed by atoms with Gasteiger partial charge in [0.1, 0.15) is 6.33 Å². The Kier molecular flexibility index (Phi) is 6.64. The first-order chi connectivity index (χ1) is 12.1. The average Bonchev–Trinajstić information content (AvgIpc) is 3.14. The van der Waals surface area contributed by atoms with E-state index >= 15 is 0 Å². The number of nitrogens with zero attached hydrogens (tertiary/aromatic N) is 4. The highest BCUT2D eigenvalue weighted by Gasteiger charge is 2.28. The van der Waals surface area contributed by atoms with Gasteiger partial charge in [-0.25, -0.2) is 9.97 Å². The van der Waals surface area contributed by atoms with E-state index in [-0.39, 0.29) is 11.8 Å². The molecule has 0 aromatic carbocycles. The molecule has 0 unspecified atom stereocenters. The van der Waals surface area contributed by atoms with Crippen LogP contribution in [-0.4, -0.2) is 33.9 Å². The minimum Gasteiger partial charge on any atom is -0.337 e. The van der Waals surface area contributed by atoms with Gasteiger partial charge in [0.2, 0.25) is 0 Å².